The Morgan fingerprint density at radius 2 is 0.684 bits per heavy atom. The number of ketones is 2. The molecule has 0 radical (unpaired) electrons. The Balaban J connectivity index is -0.000000138. The zero-order chi connectivity index (χ0) is 47.2. The third-order valence-electron chi connectivity index (χ3n) is 12.4. The molecule has 57 heavy (non-hydrogen) atoms. The molecule has 0 atom stereocenters. The van der Waals surface area contributed by atoms with E-state index in [-0.39, 0.29) is 17.3 Å². The molecule has 0 aromatic heterocycles. The second kappa shape index (κ2) is 36.0. The molecule has 350 valence electrons. The van der Waals surface area contributed by atoms with Crippen molar-refractivity contribution in [1.82, 2.24) is 0 Å². The van der Waals surface area contributed by atoms with Crippen LogP contribution < -0.4 is 0 Å². The number of carbonyl (C=O) groups is 2. The molecule has 0 bridgehead atoms. The summed E-state index contributed by atoms with van der Waals surface area (Å²) in [6.45, 7) is 66.8. The van der Waals surface area contributed by atoms with Crippen molar-refractivity contribution in [2.24, 2.45) is 87.3 Å². The average Bonchev–Trinajstić information content (AvgIpc) is 2.99. The van der Waals surface area contributed by atoms with E-state index in [2.05, 4.69) is 180 Å². The van der Waals surface area contributed by atoms with Crippen molar-refractivity contribution < 1.29 is 9.59 Å². The first-order chi connectivity index (χ1) is 25.3. The minimum Gasteiger partial charge on any atom is -0.299 e. The van der Waals surface area contributed by atoms with Gasteiger partial charge in [-0.3, -0.25) is 9.59 Å². The molecule has 0 aromatic carbocycles. The van der Waals surface area contributed by atoms with E-state index < -0.39 is 0 Å². The van der Waals surface area contributed by atoms with Crippen LogP contribution >= 0.6 is 0 Å². The molecule has 0 saturated carbocycles. The van der Waals surface area contributed by atoms with Crippen LogP contribution in [0.5, 0.6) is 0 Å². The van der Waals surface area contributed by atoms with Crippen LogP contribution in [0.15, 0.2) is 0 Å². The molecule has 2 heteroatoms. The van der Waals surface area contributed by atoms with E-state index in [0.29, 0.717) is 40.7 Å². The van der Waals surface area contributed by atoms with Crippen molar-refractivity contribution in [2.75, 3.05) is 0 Å². The van der Waals surface area contributed by atoms with E-state index in [1.165, 1.54) is 32.1 Å². The third kappa shape index (κ3) is 49.6. The zero-order valence-corrected chi connectivity index (χ0v) is 45.9. The van der Waals surface area contributed by atoms with E-state index in [1.54, 1.807) is 0 Å². The highest BCUT2D eigenvalue weighted by Crippen LogP contribution is 2.34. The Morgan fingerprint density at radius 3 is 0.842 bits per heavy atom. The fraction of sp³-hybridized carbons (Fsp3) is 0.964. The highest BCUT2D eigenvalue weighted by molar-refractivity contribution is 5.81. The molecule has 0 N–H and O–H groups in total. The number of carbonyl (C=O) groups excluding carboxylic acids is 2. The third-order valence-corrected chi connectivity index (χ3v) is 12.4. The first kappa shape index (κ1) is 68.1. The Morgan fingerprint density at radius 1 is 0.368 bits per heavy atom. The molecule has 0 rings (SSSR count). The summed E-state index contributed by atoms with van der Waals surface area (Å²) in [4.78, 5) is 22.5. The monoisotopic (exact) mass is 811 g/mol. The lowest BCUT2D eigenvalue weighted by Gasteiger charge is -2.33. The molecule has 0 aliphatic heterocycles. The quantitative estimate of drug-likeness (QED) is 0.130. The van der Waals surface area contributed by atoms with Gasteiger partial charge in [-0.1, -0.05) is 227 Å². The van der Waals surface area contributed by atoms with Gasteiger partial charge in [-0.05, 0) is 94.7 Å². The Kier molecular flexibility index (Phi) is 43.0. The fourth-order valence-corrected chi connectivity index (χ4v) is 5.41. The normalized spacial score (nSPS) is 12.2. The molecule has 0 fully saturated rings. The number of hydrogen-bond donors (Lipinski definition) is 0. The van der Waals surface area contributed by atoms with Crippen molar-refractivity contribution >= 4 is 11.6 Å². The van der Waals surface area contributed by atoms with Gasteiger partial charge in [0, 0.05) is 24.7 Å². The predicted molar refractivity (Wildman–Crippen MR) is 266 cm³/mol. The average molecular weight is 812 g/mol. The molecule has 0 amide bonds. The van der Waals surface area contributed by atoms with Crippen molar-refractivity contribution in [3.63, 3.8) is 0 Å². The number of rotatable bonds is 19. The van der Waals surface area contributed by atoms with Gasteiger partial charge >= 0.3 is 0 Å². The summed E-state index contributed by atoms with van der Waals surface area (Å²) in [6.07, 6.45) is 9.42. The lowest BCUT2D eigenvalue weighted by Crippen LogP contribution is -2.25. The lowest BCUT2D eigenvalue weighted by molar-refractivity contribution is -0.124. The molecule has 0 aromatic rings. The van der Waals surface area contributed by atoms with Gasteiger partial charge in [0.05, 0.1) is 0 Å². The van der Waals surface area contributed by atoms with Crippen LogP contribution in [0, 0.1) is 87.3 Å². The molecular weight excluding hydrogens is 693 g/mol. The topological polar surface area (TPSA) is 34.1 Å². The van der Waals surface area contributed by atoms with E-state index in [0.717, 1.165) is 60.2 Å². The first-order valence-corrected chi connectivity index (χ1v) is 24.4. The predicted octanol–water partition coefficient (Wildman–Crippen LogP) is 19.1. The summed E-state index contributed by atoms with van der Waals surface area (Å²) in [5.74, 6) is 9.15. The number of Topliss-reactive ketones (excluding diaryl/α,β-unsaturated/α-hetero) is 2. The summed E-state index contributed by atoms with van der Waals surface area (Å²) in [5, 5.41) is 0. The second-order valence-electron chi connectivity index (χ2n) is 24.1. The van der Waals surface area contributed by atoms with Crippen LogP contribution in [-0.2, 0) is 9.59 Å². The summed E-state index contributed by atoms with van der Waals surface area (Å²) < 4.78 is 0. The van der Waals surface area contributed by atoms with Crippen LogP contribution in [0.4, 0.5) is 0 Å². The maximum Gasteiger partial charge on any atom is 0.135 e. The molecular formula is C55H118O2. The van der Waals surface area contributed by atoms with Gasteiger partial charge in [0.1, 0.15) is 11.6 Å². The van der Waals surface area contributed by atoms with Crippen molar-refractivity contribution in [2.45, 2.75) is 259 Å². The molecule has 0 aliphatic rings. The van der Waals surface area contributed by atoms with E-state index in [4.69, 9.17) is 0 Å². The van der Waals surface area contributed by atoms with Crippen molar-refractivity contribution in [1.29, 1.82) is 0 Å². The van der Waals surface area contributed by atoms with E-state index in [9.17, 15) is 9.59 Å². The molecule has 2 nitrogen and oxygen atoms in total. The van der Waals surface area contributed by atoms with Crippen LogP contribution in [0.1, 0.15) is 259 Å². The summed E-state index contributed by atoms with van der Waals surface area (Å²) in [6, 6.07) is 0. The highest BCUT2D eigenvalue weighted by Gasteiger charge is 2.27. The van der Waals surface area contributed by atoms with Gasteiger partial charge in [-0.2, -0.15) is 0 Å². The number of hydrogen-bond acceptors (Lipinski definition) is 2. The standard InChI is InChI=1S/C11H22O.C10H22.C9H18O.2C9H20.C7H16/c1-8(2)10(12)7-11(5,6)9(3)4;1-8(2)7-10(5,6)9(3)4;1-7(2)5-6-9(10)8(3)4;1-7(2)9(5,6)8(3)4;1-8(2)6-5-7-9(3)4;1-6(2)5-7(3)4/h8-9H,7H2,1-6H3;8-9H,7H2,1-6H3;7-8H,5-6H2,1-4H3;7-8H,1-6H3;8-9H,5-7H2,1-4H3;6-7H,5H2,1-4H3. The summed E-state index contributed by atoms with van der Waals surface area (Å²) in [5.41, 5.74) is 1.18. The molecule has 0 unspecified atom stereocenters. The smallest absolute Gasteiger partial charge is 0.135 e. The van der Waals surface area contributed by atoms with Crippen molar-refractivity contribution in [3.8, 4) is 0 Å². The lowest BCUT2D eigenvalue weighted by atomic mass is 9.72. The molecule has 0 aliphatic carbocycles. The van der Waals surface area contributed by atoms with Crippen LogP contribution in [0.2, 0.25) is 0 Å². The van der Waals surface area contributed by atoms with E-state index in [1.807, 2.05) is 27.7 Å². The SMILES string of the molecule is CC(C)C(=O)CC(C)(C)C(C)C.CC(C)C(C)(C)C(C)C.CC(C)CC(C)(C)C(C)C.CC(C)CC(C)C.CC(C)CCC(=O)C(C)C.CC(C)CCCC(C)C. The molecule has 0 spiro atoms. The van der Waals surface area contributed by atoms with E-state index >= 15 is 0 Å². The van der Waals surface area contributed by atoms with Crippen LogP contribution in [0.25, 0.3) is 0 Å². The Labute approximate surface area is 366 Å². The highest BCUT2D eigenvalue weighted by atomic mass is 16.1. The van der Waals surface area contributed by atoms with Gasteiger partial charge in [-0.25, -0.2) is 0 Å². The van der Waals surface area contributed by atoms with Crippen LogP contribution in [0.3, 0.4) is 0 Å². The van der Waals surface area contributed by atoms with Crippen molar-refractivity contribution in [3.05, 3.63) is 0 Å². The van der Waals surface area contributed by atoms with Gasteiger partial charge in [0.15, 0.2) is 0 Å². The maximum atomic E-state index is 11.5. The Hall–Kier alpha value is -0.660. The minimum atomic E-state index is 0.154. The second-order valence-corrected chi connectivity index (χ2v) is 24.1. The zero-order valence-electron chi connectivity index (χ0n) is 45.9. The first-order valence-electron chi connectivity index (χ1n) is 24.4. The Bertz CT molecular complexity index is 863. The van der Waals surface area contributed by atoms with Gasteiger partial charge in [0.25, 0.3) is 0 Å². The summed E-state index contributed by atoms with van der Waals surface area (Å²) in [7, 11) is 0. The van der Waals surface area contributed by atoms with Gasteiger partial charge in [-0.15, -0.1) is 0 Å². The maximum absolute atomic E-state index is 11.5. The van der Waals surface area contributed by atoms with Gasteiger partial charge < -0.3 is 0 Å². The molecule has 0 saturated heterocycles. The minimum absolute atomic E-state index is 0.154. The fourth-order valence-electron chi connectivity index (χ4n) is 5.41. The van der Waals surface area contributed by atoms with Crippen LogP contribution in [-0.4, -0.2) is 11.6 Å². The summed E-state index contributed by atoms with van der Waals surface area (Å²) >= 11 is 0. The largest absolute Gasteiger partial charge is 0.299 e. The molecule has 0 heterocycles. The van der Waals surface area contributed by atoms with Gasteiger partial charge in [0.2, 0.25) is 0 Å².